The van der Waals surface area contributed by atoms with Crippen molar-refractivity contribution in [2.75, 3.05) is 51.5 Å². The Balaban J connectivity index is 2.14. The minimum absolute atomic E-state index is 0.0745. The van der Waals surface area contributed by atoms with Crippen molar-refractivity contribution in [2.24, 2.45) is 0 Å². The lowest BCUT2D eigenvalue weighted by molar-refractivity contribution is -0.120. The lowest BCUT2D eigenvalue weighted by atomic mass is 10.1. The molecule has 1 aromatic carbocycles. The van der Waals surface area contributed by atoms with Crippen LogP contribution in [0, 0.1) is 0 Å². The summed E-state index contributed by atoms with van der Waals surface area (Å²) in [6, 6.07) is 4.82. The Morgan fingerprint density at radius 1 is 1.23 bits per heavy atom. The Labute approximate surface area is 155 Å². The highest BCUT2D eigenvalue weighted by atomic mass is 32.2. The molecule has 0 aliphatic carbocycles. The lowest BCUT2D eigenvalue weighted by Gasteiger charge is -2.30. The van der Waals surface area contributed by atoms with Gasteiger partial charge >= 0.3 is 0 Å². The molecule has 2 rings (SSSR count). The number of anilines is 1. The number of carbonyl (C=O) groups is 1. The zero-order valence-electron chi connectivity index (χ0n) is 15.7. The summed E-state index contributed by atoms with van der Waals surface area (Å²) in [6.07, 6.45) is 2.79. The second-order valence-corrected chi connectivity index (χ2v) is 8.36. The van der Waals surface area contributed by atoms with Gasteiger partial charge in [-0.2, -0.15) is 0 Å². The van der Waals surface area contributed by atoms with Crippen LogP contribution in [0.4, 0.5) is 5.69 Å². The number of benzene rings is 1. The number of nitrogens with zero attached hydrogens (tertiary/aromatic N) is 2. The molecule has 1 saturated heterocycles. The number of carbonyl (C=O) groups excluding carboxylic acids is 1. The average molecular weight is 385 g/mol. The van der Waals surface area contributed by atoms with E-state index in [0.717, 1.165) is 36.5 Å². The van der Waals surface area contributed by atoms with E-state index in [4.69, 9.17) is 9.47 Å². The molecular weight excluding hydrogens is 358 g/mol. The number of nitrogens with one attached hydrogen (secondary N) is 1. The highest BCUT2D eigenvalue weighted by Crippen LogP contribution is 2.32. The van der Waals surface area contributed by atoms with Gasteiger partial charge in [-0.05, 0) is 45.1 Å². The minimum atomic E-state index is -3.64. The third-order valence-corrected chi connectivity index (χ3v) is 5.57. The summed E-state index contributed by atoms with van der Waals surface area (Å²) in [7, 11) is 1.38. The van der Waals surface area contributed by atoms with Crippen LogP contribution in [0.25, 0.3) is 0 Å². The Morgan fingerprint density at radius 2 is 1.85 bits per heavy atom. The molecule has 1 N–H and O–H groups in total. The molecule has 1 fully saturated rings. The lowest BCUT2D eigenvalue weighted by Crippen LogP contribution is -2.47. The monoisotopic (exact) mass is 385 g/mol. The number of piperidine rings is 1. The van der Waals surface area contributed by atoms with Crippen molar-refractivity contribution in [3.63, 3.8) is 0 Å². The molecule has 0 saturated carbocycles. The van der Waals surface area contributed by atoms with Crippen LogP contribution in [0.3, 0.4) is 0 Å². The number of hydrogen-bond donors (Lipinski definition) is 1. The Kier molecular flexibility index (Phi) is 6.71. The van der Waals surface area contributed by atoms with Gasteiger partial charge in [0.15, 0.2) is 11.5 Å². The first-order valence-electron chi connectivity index (χ1n) is 8.42. The molecule has 146 valence electrons. The number of amides is 1. The van der Waals surface area contributed by atoms with Crippen LogP contribution in [-0.2, 0) is 14.8 Å². The van der Waals surface area contributed by atoms with Gasteiger partial charge < -0.3 is 19.7 Å². The van der Waals surface area contributed by atoms with Crippen molar-refractivity contribution < 1.29 is 22.7 Å². The molecule has 0 radical (unpaired) electrons. The second-order valence-electron chi connectivity index (χ2n) is 6.45. The summed E-state index contributed by atoms with van der Waals surface area (Å²) < 4.78 is 35.9. The zero-order chi connectivity index (χ0) is 19.3. The fourth-order valence-electron chi connectivity index (χ4n) is 2.94. The molecule has 1 heterocycles. The molecule has 1 aliphatic rings. The Morgan fingerprint density at radius 3 is 2.38 bits per heavy atom. The molecule has 8 nitrogen and oxygen atoms in total. The molecule has 0 atom stereocenters. The Bertz CT molecular complexity index is 730. The van der Waals surface area contributed by atoms with Crippen LogP contribution in [0.1, 0.15) is 12.8 Å². The summed E-state index contributed by atoms with van der Waals surface area (Å²) >= 11 is 0. The molecular formula is C17H27N3O5S. The number of hydrogen-bond acceptors (Lipinski definition) is 6. The van der Waals surface area contributed by atoms with Gasteiger partial charge in [0, 0.05) is 12.1 Å². The van der Waals surface area contributed by atoms with Crippen LogP contribution in [0.2, 0.25) is 0 Å². The normalized spacial score (nSPS) is 16.2. The van der Waals surface area contributed by atoms with Crippen LogP contribution >= 0.6 is 0 Å². The number of rotatable bonds is 7. The topological polar surface area (TPSA) is 88.2 Å². The van der Waals surface area contributed by atoms with E-state index in [-0.39, 0.29) is 18.5 Å². The Hall–Kier alpha value is -2.00. The van der Waals surface area contributed by atoms with E-state index < -0.39 is 10.0 Å². The highest BCUT2D eigenvalue weighted by Gasteiger charge is 2.24. The van der Waals surface area contributed by atoms with E-state index in [0.29, 0.717) is 17.2 Å². The summed E-state index contributed by atoms with van der Waals surface area (Å²) in [4.78, 5) is 14.6. The SMILES string of the molecule is COc1ccc(N(CC(=O)NC2CCN(C)CC2)S(C)(=O)=O)cc1OC. The second kappa shape index (κ2) is 8.59. The molecule has 0 bridgehead atoms. The van der Waals surface area contributed by atoms with E-state index >= 15 is 0 Å². The van der Waals surface area contributed by atoms with Gasteiger partial charge in [0.25, 0.3) is 0 Å². The van der Waals surface area contributed by atoms with Crippen molar-refractivity contribution in [3.8, 4) is 11.5 Å². The molecule has 0 unspecified atom stereocenters. The standard InChI is InChI=1S/C17H27N3O5S/c1-19-9-7-13(8-10-19)18-17(21)12-20(26(4,22)23)14-5-6-15(24-2)16(11-14)25-3/h5-6,11,13H,7-10,12H2,1-4H3,(H,18,21). The van der Waals surface area contributed by atoms with Gasteiger partial charge in [-0.15, -0.1) is 0 Å². The number of likely N-dealkylation sites (tertiary alicyclic amines) is 1. The van der Waals surface area contributed by atoms with Gasteiger partial charge in [-0.25, -0.2) is 8.42 Å². The van der Waals surface area contributed by atoms with Crippen molar-refractivity contribution in [2.45, 2.75) is 18.9 Å². The van der Waals surface area contributed by atoms with Crippen LogP contribution in [0.5, 0.6) is 11.5 Å². The first kappa shape index (κ1) is 20.3. The summed E-state index contributed by atoms with van der Waals surface area (Å²) in [5.41, 5.74) is 0.351. The smallest absolute Gasteiger partial charge is 0.240 e. The van der Waals surface area contributed by atoms with Crippen molar-refractivity contribution in [1.82, 2.24) is 10.2 Å². The average Bonchev–Trinajstić information content (AvgIpc) is 2.60. The summed E-state index contributed by atoms with van der Waals surface area (Å²) in [5, 5.41) is 2.94. The van der Waals surface area contributed by atoms with Crippen LogP contribution in [-0.4, -0.2) is 72.4 Å². The fourth-order valence-corrected chi connectivity index (χ4v) is 3.79. The predicted octanol–water partition coefficient (Wildman–Crippen LogP) is 0.680. The maximum atomic E-state index is 12.4. The number of ether oxygens (including phenoxy) is 2. The quantitative estimate of drug-likeness (QED) is 0.743. The molecule has 0 spiro atoms. The first-order valence-corrected chi connectivity index (χ1v) is 10.3. The third-order valence-electron chi connectivity index (χ3n) is 4.43. The fraction of sp³-hybridized carbons (Fsp3) is 0.588. The molecule has 1 aromatic rings. The van der Waals surface area contributed by atoms with E-state index in [1.807, 2.05) is 7.05 Å². The molecule has 1 amide bonds. The molecule has 1 aliphatic heterocycles. The van der Waals surface area contributed by atoms with Crippen LogP contribution < -0.4 is 19.1 Å². The molecule has 0 aromatic heterocycles. The van der Waals surface area contributed by atoms with Gasteiger partial charge in [0.1, 0.15) is 6.54 Å². The summed E-state index contributed by atoms with van der Waals surface area (Å²) in [5.74, 6) is 0.564. The van der Waals surface area contributed by atoms with E-state index in [1.54, 1.807) is 18.2 Å². The van der Waals surface area contributed by atoms with E-state index in [2.05, 4.69) is 10.2 Å². The van der Waals surface area contributed by atoms with Crippen LogP contribution in [0.15, 0.2) is 18.2 Å². The molecule has 26 heavy (non-hydrogen) atoms. The third kappa shape index (κ3) is 5.25. The van der Waals surface area contributed by atoms with E-state index in [9.17, 15) is 13.2 Å². The first-order chi connectivity index (χ1) is 12.2. The van der Waals surface area contributed by atoms with E-state index in [1.165, 1.54) is 14.2 Å². The van der Waals surface area contributed by atoms with Gasteiger partial charge in [0.2, 0.25) is 15.9 Å². The minimum Gasteiger partial charge on any atom is -0.493 e. The van der Waals surface area contributed by atoms with Crippen molar-refractivity contribution >= 4 is 21.6 Å². The van der Waals surface area contributed by atoms with Gasteiger partial charge in [0.05, 0.1) is 26.2 Å². The van der Waals surface area contributed by atoms with Gasteiger partial charge in [-0.1, -0.05) is 0 Å². The molecule has 9 heteroatoms. The number of methoxy groups -OCH3 is 2. The van der Waals surface area contributed by atoms with Crippen molar-refractivity contribution in [3.05, 3.63) is 18.2 Å². The largest absolute Gasteiger partial charge is 0.493 e. The number of sulfonamides is 1. The maximum Gasteiger partial charge on any atom is 0.240 e. The summed E-state index contributed by atoms with van der Waals surface area (Å²) in [6.45, 7) is 1.55. The van der Waals surface area contributed by atoms with Gasteiger partial charge in [-0.3, -0.25) is 9.10 Å². The predicted molar refractivity (Wildman–Crippen MR) is 100 cm³/mol. The highest BCUT2D eigenvalue weighted by molar-refractivity contribution is 7.92. The maximum absolute atomic E-state index is 12.4. The van der Waals surface area contributed by atoms with Crippen molar-refractivity contribution in [1.29, 1.82) is 0 Å². The zero-order valence-corrected chi connectivity index (χ0v) is 16.5.